The highest BCUT2D eigenvalue weighted by atomic mass is 14.5. The largest absolute Gasteiger partial charge is 0.405 e. The van der Waals surface area contributed by atoms with Crippen LogP contribution in [0, 0.1) is 0 Å². The molecule has 0 bridgehead atoms. The van der Waals surface area contributed by atoms with E-state index in [1.165, 1.54) is 6.20 Å². The Labute approximate surface area is 72.3 Å². The van der Waals surface area contributed by atoms with E-state index in [1.807, 2.05) is 27.7 Å². The average Bonchev–Trinajstić information content (AvgIpc) is 2.12. The van der Waals surface area contributed by atoms with Crippen LogP contribution in [0.15, 0.2) is 38.1 Å². The fourth-order valence-corrected chi connectivity index (χ4v) is 0. The predicted octanol–water partition coefficient (Wildman–Crippen LogP) is 3.50. The summed E-state index contributed by atoms with van der Waals surface area (Å²) in [5.74, 6) is 0. The molecule has 0 radical (unpaired) electrons. The molecule has 0 atom stereocenters. The first-order valence-electron chi connectivity index (χ1n) is 3.89. The summed E-state index contributed by atoms with van der Waals surface area (Å²) in [7, 11) is 0. The fourth-order valence-electron chi connectivity index (χ4n) is 0. The maximum absolute atomic E-state index is 4.61. The van der Waals surface area contributed by atoms with Crippen LogP contribution in [-0.4, -0.2) is 0 Å². The Bertz CT molecular complexity index is 49.9. The molecule has 0 rings (SSSR count). The maximum Gasteiger partial charge on any atom is -0.0136 e. The predicted molar refractivity (Wildman–Crippen MR) is 57.5 cm³/mol. The Morgan fingerprint density at radius 2 is 0.909 bits per heavy atom. The second-order valence-corrected chi connectivity index (χ2v) is 0.707. The van der Waals surface area contributed by atoms with Crippen LogP contribution in [0.3, 0.4) is 0 Å². The molecule has 0 unspecified atom stereocenters. The van der Waals surface area contributed by atoms with E-state index in [1.54, 1.807) is 12.2 Å². The van der Waals surface area contributed by atoms with Gasteiger partial charge in [0.25, 0.3) is 0 Å². The van der Waals surface area contributed by atoms with Crippen molar-refractivity contribution in [1.82, 2.24) is 0 Å². The number of rotatable bonds is 1. The zero-order chi connectivity index (χ0) is 10.1. The van der Waals surface area contributed by atoms with Gasteiger partial charge in [-0.3, -0.25) is 0 Å². The van der Waals surface area contributed by atoms with E-state index in [0.29, 0.717) is 0 Å². The molecule has 0 heterocycles. The summed E-state index contributed by atoms with van der Waals surface area (Å²) < 4.78 is 0. The molecular formula is C10H23N. The third-order valence-corrected chi connectivity index (χ3v) is 0.167. The average molecular weight is 157 g/mol. The third-order valence-electron chi connectivity index (χ3n) is 0.167. The molecule has 0 aliphatic carbocycles. The monoisotopic (exact) mass is 157 g/mol. The SMILES string of the molecule is C=CC=C.C=CN.CC.CC. The number of nitrogens with two attached hydrogens (primary N) is 1. The standard InChI is InChI=1S/C4H6.C2H5N.2C2H6/c1-3-4-2;1-2-3;2*1-2/h3-4H,1-2H2;2H,1,3H2;2*1-2H3. The van der Waals surface area contributed by atoms with Gasteiger partial charge < -0.3 is 5.73 Å². The van der Waals surface area contributed by atoms with Crippen molar-refractivity contribution >= 4 is 0 Å². The molecule has 0 amide bonds. The molecule has 0 aliphatic heterocycles. The molecule has 1 nitrogen and oxygen atoms in total. The summed E-state index contributed by atoms with van der Waals surface area (Å²) in [5.41, 5.74) is 4.61. The van der Waals surface area contributed by atoms with Crippen LogP contribution in [0.1, 0.15) is 27.7 Å². The van der Waals surface area contributed by atoms with E-state index in [2.05, 4.69) is 25.5 Å². The van der Waals surface area contributed by atoms with Crippen molar-refractivity contribution in [3.63, 3.8) is 0 Å². The molecule has 0 aromatic rings. The molecule has 2 N–H and O–H groups in total. The molecule has 0 saturated heterocycles. The minimum absolute atomic E-state index is 1.25. The summed E-state index contributed by atoms with van der Waals surface area (Å²) in [6.45, 7) is 17.9. The molecular weight excluding hydrogens is 134 g/mol. The van der Waals surface area contributed by atoms with Crippen LogP contribution in [0.5, 0.6) is 0 Å². The number of allylic oxidation sites excluding steroid dienone is 2. The van der Waals surface area contributed by atoms with E-state index in [-0.39, 0.29) is 0 Å². The first-order valence-corrected chi connectivity index (χ1v) is 3.89. The van der Waals surface area contributed by atoms with Crippen LogP contribution in [-0.2, 0) is 0 Å². The first kappa shape index (κ1) is 22.5. The van der Waals surface area contributed by atoms with Crippen LogP contribution in [0.2, 0.25) is 0 Å². The van der Waals surface area contributed by atoms with Gasteiger partial charge in [-0.15, -0.1) is 0 Å². The molecule has 1 heteroatoms. The smallest absolute Gasteiger partial charge is 0.0136 e. The van der Waals surface area contributed by atoms with E-state index in [9.17, 15) is 0 Å². The maximum atomic E-state index is 4.61. The first-order chi connectivity index (χ1) is 5.33. The topological polar surface area (TPSA) is 26.0 Å². The molecule has 0 aromatic carbocycles. The molecule has 11 heavy (non-hydrogen) atoms. The van der Waals surface area contributed by atoms with Gasteiger partial charge >= 0.3 is 0 Å². The van der Waals surface area contributed by atoms with Crippen LogP contribution in [0.4, 0.5) is 0 Å². The van der Waals surface area contributed by atoms with Crippen LogP contribution in [0.25, 0.3) is 0 Å². The van der Waals surface area contributed by atoms with Crippen LogP contribution < -0.4 is 5.73 Å². The van der Waals surface area contributed by atoms with Crippen molar-refractivity contribution in [2.24, 2.45) is 5.73 Å². The van der Waals surface area contributed by atoms with E-state index < -0.39 is 0 Å². The lowest BCUT2D eigenvalue weighted by atomic mass is 10.6. The molecule has 0 aromatic heterocycles. The Kier molecular flexibility index (Phi) is 291. The van der Waals surface area contributed by atoms with Crippen molar-refractivity contribution in [1.29, 1.82) is 0 Å². The van der Waals surface area contributed by atoms with Crippen LogP contribution >= 0.6 is 0 Å². The van der Waals surface area contributed by atoms with Gasteiger partial charge in [0.2, 0.25) is 0 Å². The lowest BCUT2D eigenvalue weighted by Crippen LogP contribution is -1.67. The van der Waals surface area contributed by atoms with Gasteiger partial charge in [0.15, 0.2) is 0 Å². The summed E-state index contributed by atoms with van der Waals surface area (Å²) in [6, 6.07) is 0. The zero-order valence-corrected chi connectivity index (χ0v) is 8.43. The second kappa shape index (κ2) is 142. The third kappa shape index (κ3) is 1110000. The zero-order valence-electron chi connectivity index (χ0n) is 8.43. The molecule has 68 valence electrons. The normalized spacial score (nSPS) is 4.00. The Morgan fingerprint density at radius 1 is 0.818 bits per heavy atom. The minimum atomic E-state index is 1.25. The van der Waals surface area contributed by atoms with E-state index in [0.717, 1.165) is 0 Å². The van der Waals surface area contributed by atoms with Gasteiger partial charge in [0.1, 0.15) is 0 Å². The highest BCUT2D eigenvalue weighted by Gasteiger charge is 1.29. The number of hydrogen-bond acceptors (Lipinski definition) is 1. The van der Waals surface area contributed by atoms with Gasteiger partial charge in [0.05, 0.1) is 0 Å². The Hall–Kier alpha value is -0.980. The van der Waals surface area contributed by atoms with E-state index in [4.69, 9.17) is 0 Å². The van der Waals surface area contributed by atoms with Gasteiger partial charge in [-0.05, 0) is 6.20 Å². The van der Waals surface area contributed by atoms with Crippen molar-refractivity contribution in [3.05, 3.63) is 38.1 Å². The molecule has 0 aliphatic rings. The fraction of sp³-hybridized carbons (Fsp3) is 0.400. The summed E-state index contributed by atoms with van der Waals surface area (Å²) in [6.07, 6.45) is 4.53. The quantitative estimate of drug-likeness (QED) is 0.579. The van der Waals surface area contributed by atoms with Gasteiger partial charge in [-0.1, -0.05) is 59.6 Å². The number of hydrogen-bond donors (Lipinski definition) is 1. The highest BCUT2D eigenvalue weighted by molar-refractivity contribution is 4.88. The Balaban J connectivity index is -0.0000000315. The van der Waals surface area contributed by atoms with Gasteiger partial charge in [0, 0.05) is 0 Å². The Morgan fingerprint density at radius 3 is 0.909 bits per heavy atom. The van der Waals surface area contributed by atoms with Crippen molar-refractivity contribution in [2.75, 3.05) is 0 Å². The summed E-state index contributed by atoms with van der Waals surface area (Å²) in [5, 5.41) is 0. The van der Waals surface area contributed by atoms with Crippen molar-refractivity contribution < 1.29 is 0 Å². The van der Waals surface area contributed by atoms with E-state index >= 15 is 0 Å². The van der Waals surface area contributed by atoms with Gasteiger partial charge in [-0.25, -0.2) is 0 Å². The highest BCUT2D eigenvalue weighted by Crippen LogP contribution is 1.52. The second-order valence-electron chi connectivity index (χ2n) is 0.707. The lowest BCUT2D eigenvalue weighted by molar-refractivity contribution is 1.50. The summed E-state index contributed by atoms with van der Waals surface area (Å²) >= 11 is 0. The van der Waals surface area contributed by atoms with Crippen molar-refractivity contribution in [3.8, 4) is 0 Å². The van der Waals surface area contributed by atoms with Gasteiger partial charge in [-0.2, -0.15) is 0 Å². The molecule has 0 fully saturated rings. The minimum Gasteiger partial charge on any atom is -0.405 e. The lowest BCUT2D eigenvalue weighted by Gasteiger charge is -1.44. The molecule has 0 saturated carbocycles. The van der Waals surface area contributed by atoms with Crippen molar-refractivity contribution in [2.45, 2.75) is 27.7 Å². The summed E-state index contributed by atoms with van der Waals surface area (Å²) in [4.78, 5) is 0. The molecule has 0 spiro atoms.